The van der Waals surface area contributed by atoms with E-state index >= 15 is 0 Å². The van der Waals surface area contributed by atoms with E-state index in [1.54, 1.807) is 6.92 Å². The van der Waals surface area contributed by atoms with E-state index in [0.717, 1.165) is 32.1 Å². The summed E-state index contributed by atoms with van der Waals surface area (Å²) in [6.07, 6.45) is 6.42. The lowest BCUT2D eigenvalue weighted by Crippen LogP contribution is -2.48. The summed E-state index contributed by atoms with van der Waals surface area (Å²) in [6, 6.07) is 0. The number of hydrogen-bond donors (Lipinski definition) is 0. The fourth-order valence-electron chi connectivity index (χ4n) is 2.49. The average molecular weight is 260 g/mol. The van der Waals surface area contributed by atoms with Crippen LogP contribution < -0.4 is 4.90 Å². The molecule has 102 valence electrons. The molecule has 1 amide bonds. The minimum atomic E-state index is 0.151. The molecular weight excluding hydrogens is 240 g/mol. The van der Waals surface area contributed by atoms with Crippen molar-refractivity contribution in [1.82, 2.24) is 14.9 Å². The third-order valence-corrected chi connectivity index (χ3v) is 4.34. The van der Waals surface area contributed by atoms with E-state index in [2.05, 4.69) is 21.8 Å². The van der Waals surface area contributed by atoms with Gasteiger partial charge in [0.1, 0.15) is 0 Å². The van der Waals surface area contributed by atoms with Crippen LogP contribution in [0.25, 0.3) is 0 Å². The van der Waals surface area contributed by atoms with E-state index in [0.29, 0.717) is 5.41 Å². The van der Waals surface area contributed by atoms with Crippen LogP contribution in [0, 0.1) is 0 Å². The molecule has 0 spiro atoms. The van der Waals surface area contributed by atoms with Crippen LogP contribution in [-0.4, -0.2) is 47.0 Å². The summed E-state index contributed by atoms with van der Waals surface area (Å²) >= 11 is 0. The van der Waals surface area contributed by atoms with Crippen molar-refractivity contribution in [2.75, 3.05) is 31.1 Å². The number of nitrogens with zero attached hydrogens (tertiary/aromatic N) is 4. The number of piperazine rings is 1. The molecule has 2 fully saturated rings. The molecule has 0 unspecified atom stereocenters. The first-order valence-electron chi connectivity index (χ1n) is 6.91. The highest BCUT2D eigenvalue weighted by Gasteiger charge is 2.39. The van der Waals surface area contributed by atoms with Crippen molar-refractivity contribution < 1.29 is 4.79 Å². The maximum absolute atomic E-state index is 11.3. The molecule has 2 heterocycles. The van der Waals surface area contributed by atoms with E-state index in [-0.39, 0.29) is 5.91 Å². The molecule has 0 N–H and O–H groups in total. The Hall–Kier alpha value is -1.65. The number of carbonyl (C=O) groups is 1. The van der Waals surface area contributed by atoms with Gasteiger partial charge in [-0.3, -0.25) is 4.79 Å². The van der Waals surface area contributed by atoms with Crippen molar-refractivity contribution in [2.45, 2.75) is 32.1 Å². The lowest BCUT2D eigenvalue weighted by molar-refractivity contribution is -0.129. The van der Waals surface area contributed by atoms with Crippen molar-refractivity contribution in [3.8, 4) is 0 Å². The predicted molar refractivity (Wildman–Crippen MR) is 73.1 cm³/mol. The van der Waals surface area contributed by atoms with Crippen LogP contribution in [-0.2, 0) is 10.2 Å². The van der Waals surface area contributed by atoms with E-state index in [1.807, 2.05) is 17.3 Å². The normalized spacial score (nSPS) is 21.4. The van der Waals surface area contributed by atoms with Gasteiger partial charge in [0.25, 0.3) is 0 Å². The van der Waals surface area contributed by atoms with Gasteiger partial charge in [0, 0.05) is 45.5 Å². The summed E-state index contributed by atoms with van der Waals surface area (Å²) < 4.78 is 0. The highest BCUT2D eigenvalue weighted by molar-refractivity contribution is 5.73. The van der Waals surface area contributed by atoms with Gasteiger partial charge in [0.2, 0.25) is 11.9 Å². The Bertz CT molecular complexity index is 473. The van der Waals surface area contributed by atoms with Crippen LogP contribution in [0.1, 0.15) is 32.3 Å². The van der Waals surface area contributed by atoms with E-state index in [1.165, 1.54) is 18.4 Å². The molecule has 19 heavy (non-hydrogen) atoms. The van der Waals surface area contributed by atoms with Gasteiger partial charge in [-0.05, 0) is 23.8 Å². The molecule has 5 nitrogen and oxygen atoms in total. The Kier molecular flexibility index (Phi) is 2.92. The summed E-state index contributed by atoms with van der Waals surface area (Å²) in [6.45, 7) is 7.04. The third-order valence-electron chi connectivity index (χ3n) is 4.34. The Balaban J connectivity index is 1.65. The Labute approximate surface area is 113 Å². The largest absolute Gasteiger partial charge is 0.339 e. The molecule has 1 aromatic rings. The van der Waals surface area contributed by atoms with Gasteiger partial charge < -0.3 is 9.80 Å². The standard InChI is InChI=1S/C14H20N4O/c1-11(19)17-5-7-18(8-6-17)13-15-9-12(10-16-13)14(2)3-4-14/h9-10H,3-8H2,1-2H3. The van der Waals surface area contributed by atoms with Crippen LogP contribution in [0.4, 0.5) is 5.95 Å². The molecule has 0 aromatic carbocycles. The van der Waals surface area contributed by atoms with Gasteiger partial charge in [-0.25, -0.2) is 9.97 Å². The number of aromatic nitrogens is 2. The molecule has 0 atom stereocenters. The number of amides is 1. The first kappa shape index (κ1) is 12.4. The minimum absolute atomic E-state index is 0.151. The van der Waals surface area contributed by atoms with E-state index < -0.39 is 0 Å². The van der Waals surface area contributed by atoms with Crippen molar-refractivity contribution in [3.05, 3.63) is 18.0 Å². The Morgan fingerprint density at radius 1 is 1.16 bits per heavy atom. The average Bonchev–Trinajstić information content (AvgIpc) is 3.18. The molecule has 2 aliphatic rings. The highest BCUT2D eigenvalue weighted by Crippen LogP contribution is 2.47. The van der Waals surface area contributed by atoms with Gasteiger partial charge in [0.05, 0.1) is 0 Å². The molecule has 1 aliphatic carbocycles. The van der Waals surface area contributed by atoms with Crippen molar-refractivity contribution in [1.29, 1.82) is 0 Å². The van der Waals surface area contributed by atoms with Crippen LogP contribution in [0.5, 0.6) is 0 Å². The van der Waals surface area contributed by atoms with Gasteiger partial charge in [-0.15, -0.1) is 0 Å². The molecule has 3 rings (SSSR count). The fraction of sp³-hybridized carbons (Fsp3) is 0.643. The van der Waals surface area contributed by atoms with Gasteiger partial charge in [-0.2, -0.15) is 0 Å². The van der Waals surface area contributed by atoms with Crippen LogP contribution >= 0.6 is 0 Å². The number of anilines is 1. The molecule has 1 aliphatic heterocycles. The second kappa shape index (κ2) is 4.47. The van der Waals surface area contributed by atoms with Crippen LogP contribution in [0.3, 0.4) is 0 Å². The zero-order valence-electron chi connectivity index (χ0n) is 11.6. The van der Waals surface area contributed by atoms with E-state index in [4.69, 9.17) is 0 Å². The molecular formula is C14H20N4O. The summed E-state index contributed by atoms with van der Waals surface area (Å²) in [5.74, 6) is 0.939. The van der Waals surface area contributed by atoms with Crippen molar-refractivity contribution in [3.63, 3.8) is 0 Å². The zero-order chi connectivity index (χ0) is 13.5. The quantitative estimate of drug-likeness (QED) is 0.801. The summed E-state index contributed by atoms with van der Waals surface area (Å²) in [7, 11) is 0. The first-order chi connectivity index (χ1) is 9.08. The maximum Gasteiger partial charge on any atom is 0.225 e. The monoisotopic (exact) mass is 260 g/mol. The molecule has 1 saturated heterocycles. The lowest BCUT2D eigenvalue weighted by Gasteiger charge is -2.34. The topological polar surface area (TPSA) is 49.3 Å². The van der Waals surface area contributed by atoms with Crippen molar-refractivity contribution in [2.24, 2.45) is 0 Å². The van der Waals surface area contributed by atoms with Gasteiger partial charge in [-0.1, -0.05) is 6.92 Å². The second-order valence-electron chi connectivity index (χ2n) is 5.83. The Morgan fingerprint density at radius 2 is 1.74 bits per heavy atom. The summed E-state index contributed by atoms with van der Waals surface area (Å²) in [4.78, 5) is 24.3. The van der Waals surface area contributed by atoms with Crippen molar-refractivity contribution >= 4 is 11.9 Å². The third kappa shape index (κ3) is 2.41. The smallest absolute Gasteiger partial charge is 0.225 e. The number of hydrogen-bond acceptors (Lipinski definition) is 4. The highest BCUT2D eigenvalue weighted by atomic mass is 16.2. The first-order valence-corrected chi connectivity index (χ1v) is 6.91. The van der Waals surface area contributed by atoms with Crippen LogP contribution in [0.15, 0.2) is 12.4 Å². The summed E-state index contributed by atoms with van der Waals surface area (Å²) in [5.41, 5.74) is 1.57. The number of rotatable bonds is 2. The predicted octanol–water partition coefficient (Wildman–Crippen LogP) is 1.20. The second-order valence-corrected chi connectivity index (χ2v) is 5.83. The maximum atomic E-state index is 11.3. The zero-order valence-corrected chi connectivity index (χ0v) is 11.6. The Morgan fingerprint density at radius 3 is 2.21 bits per heavy atom. The SMILES string of the molecule is CC(=O)N1CCN(c2ncc(C3(C)CC3)cn2)CC1. The van der Waals surface area contributed by atoms with Gasteiger partial charge in [0.15, 0.2) is 0 Å². The van der Waals surface area contributed by atoms with Crippen LogP contribution in [0.2, 0.25) is 0 Å². The molecule has 0 radical (unpaired) electrons. The van der Waals surface area contributed by atoms with Gasteiger partial charge >= 0.3 is 0 Å². The molecule has 1 saturated carbocycles. The molecule has 5 heteroatoms. The molecule has 0 bridgehead atoms. The fourth-order valence-corrected chi connectivity index (χ4v) is 2.49. The lowest BCUT2D eigenvalue weighted by atomic mass is 10.0. The number of carbonyl (C=O) groups excluding carboxylic acids is 1. The van der Waals surface area contributed by atoms with E-state index in [9.17, 15) is 4.79 Å². The molecule has 1 aromatic heterocycles. The minimum Gasteiger partial charge on any atom is -0.339 e. The summed E-state index contributed by atoms with van der Waals surface area (Å²) in [5, 5.41) is 0.